The van der Waals surface area contributed by atoms with Gasteiger partial charge in [0.05, 0.1) is 0 Å². The minimum atomic E-state index is -2.51. The minimum Gasteiger partial charge on any atom is -1.00 e. The summed E-state index contributed by atoms with van der Waals surface area (Å²) >= 11 is -2.51. The molecular weight excluding hydrogens is 435 g/mol. The van der Waals surface area contributed by atoms with E-state index >= 15 is 0 Å². The number of amides is 2. The quantitative estimate of drug-likeness (QED) is 0.200. The Morgan fingerprint density at radius 1 is 0.643 bits per heavy atom. The van der Waals surface area contributed by atoms with Crippen LogP contribution in [-0.4, -0.2) is 18.4 Å². The van der Waals surface area contributed by atoms with Crippen LogP contribution < -0.4 is 32.4 Å². The predicted octanol–water partition coefficient (Wildman–Crippen LogP) is -0.872. The van der Waals surface area contributed by atoms with E-state index in [4.69, 9.17) is 3.32 Å². The number of carbonyl (C=O) groups is 2. The maximum absolute atomic E-state index is 12.1. The molecule has 0 aromatic heterocycles. The molecule has 0 bridgehead atoms. The summed E-state index contributed by atoms with van der Waals surface area (Å²) in [6.45, 7) is 7.08. The summed E-state index contributed by atoms with van der Waals surface area (Å²) in [5.74, 6) is 0.0486. The average molecular weight is 476 g/mol. The van der Waals surface area contributed by atoms with Crippen molar-refractivity contribution < 1.29 is 56.5 Å². The van der Waals surface area contributed by atoms with Crippen molar-refractivity contribution in [1.82, 2.24) is 7.60 Å². The SMILES string of the molecule is CCCCCCCC(=O)[NH][Ti+2]([NH]C(=O)CCCCCCC)[O]CCCC.[Cl-].[Cl-]. The molecule has 0 atom stereocenters. The first-order chi connectivity index (χ1) is 12.6. The van der Waals surface area contributed by atoms with E-state index in [1.54, 1.807) is 0 Å². The molecule has 0 aromatic rings. The number of carbonyl (C=O) groups excluding carboxylic acids is 2. The van der Waals surface area contributed by atoms with E-state index < -0.39 is 18.8 Å². The molecular formula is C20H41Cl2N2O3Ti. The van der Waals surface area contributed by atoms with Gasteiger partial charge in [-0.05, 0) is 0 Å². The van der Waals surface area contributed by atoms with Gasteiger partial charge in [-0.3, -0.25) is 0 Å². The molecule has 8 heteroatoms. The van der Waals surface area contributed by atoms with Crippen LogP contribution in [0.3, 0.4) is 0 Å². The van der Waals surface area contributed by atoms with Gasteiger partial charge in [-0.2, -0.15) is 0 Å². The van der Waals surface area contributed by atoms with Crippen LogP contribution in [0, 0.1) is 0 Å². The molecule has 0 spiro atoms. The van der Waals surface area contributed by atoms with Crippen LogP contribution >= 0.6 is 0 Å². The minimum absolute atomic E-state index is 0. The molecule has 0 saturated carbocycles. The summed E-state index contributed by atoms with van der Waals surface area (Å²) in [6, 6.07) is 0. The average Bonchev–Trinajstić information content (AvgIpc) is 2.61. The molecule has 0 radical (unpaired) electrons. The van der Waals surface area contributed by atoms with Crippen molar-refractivity contribution in [3.05, 3.63) is 0 Å². The Labute approximate surface area is 192 Å². The van der Waals surface area contributed by atoms with E-state index in [1.165, 1.54) is 38.5 Å². The van der Waals surface area contributed by atoms with E-state index in [9.17, 15) is 9.59 Å². The van der Waals surface area contributed by atoms with Crippen molar-refractivity contribution in [1.29, 1.82) is 0 Å². The van der Waals surface area contributed by atoms with E-state index in [0.29, 0.717) is 19.4 Å². The van der Waals surface area contributed by atoms with Crippen LogP contribution in [0.15, 0.2) is 0 Å². The Balaban J connectivity index is -0.00000312. The fraction of sp³-hybridized carbons (Fsp3) is 0.900. The molecule has 0 unspecified atom stereocenters. The van der Waals surface area contributed by atoms with Crippen LogP contribution in [0.2, 0.25) is 0 Å². The Morgan fingerprint density at radius 2 is 1.04 bits per heavy atom. The first-order valence-corrected chi connectivity index (χ1v) is 12.9. The number of hydrogen-bond acceptors (Lipinski definition) is 3. The molecule has 2 N–H and O–H groups in total. The van der Waals surface area contributed by atoms with Gasteiger partial charge in [0.1, 0.15) is 0 Å². The maximum Gasteiger partial charge on any atom is -1.00 e. The van der Waals surface area contributed by atoms with Crippen molar-refractivity contribution in [3.63, 3.8) is 0 Å². The van der Waals surface area contributed by atoms with Gasteiger partial charge < -0.3 is 24.8 Å². The molecule has 28 heavy (non-hydrogen) atoms. The number of rotatable bonds is 18. The Hall–Kier alpha value is 0.194. The van der Waals surface area contributed by atoms with Crippen LogP contribution in [-0.2, 0) is 31.7 Å². The van der Waals surface area contributed by atoms with Crippen molar-refractivity contribution in [2.24, 2.45) is 0 Å². The zero-order chi connectivity index (χ0) is 19.5. The van der Waals surface area contributed by atoms with Crippen LogP contribution in [0.25, 0.3) is 0 Å². The van der Waals surface area contributed by atoms with E-state index in [1.807, 2.05) is 0 Å². The van der Waals surface area contributed by atoms with Crippen molar-refractivity contribution in [2.75, 3.05) is 6.61 Å². The third-order valence-corrected chi connectivity index (χ3v) is 6.61. The normalized spacial score (nSPS) is 9.82. The first kappa shape index (κ1) is 32.8. The second-order valence-electron chi connectivity index (χ2n) is 6.96. The van der Waals surface area contributed by atoms with Crippen molar-refractivity contribution in [3.8, 4) is 0 Å². The van der Waals surface area contributed by atoms with E-state index in [0.717, 1.165) is 38.5 Å². The summed E-state index contributed by atoms with van der Waals surface area (Å²) in [6.07, 6.45) is 14.3. The molecule has 0 aliphatic heterocycles. The van der Waals surface area contributed by atoms with Gasteiger partial charge in [0.15, 0.2) is 0 Å². The van der Waals surface area contributed by atoms with E-state index in [2.05, 4.69) is 28.4 Å². The van der Waals surface area contributed by atoms with Gasteiger partial charge >= 0.3 is 168 Å². The summed E-state index contributed by atoms with van der Waals surface area (Å²) in [4.78, 5) is 24.3. The summed E-state index contributed by atoms with van der Waals surface area (Å²) in [5, 5.41) is 0. The third-order valence-electron chi connectivity index (χ3n) is 4.26. The van der Waals surface area contributed by atoms with Gasteiger partial charge in [0.2, 0.25) is 0 Å². The summed E-state index contributed by atoms with van der Waals surface area (Å²) < 4.78 is 11.8. The maximum atomic E-state index is 12.1. The zero-order valence-electron chi connectivity index (χ0n) is 18.1. The van der Waals surface area contributed by atoms with Gasteiger partial charge in [0.25, 0.3) is 0 Å². The first-order valence-electron chi connectivity index (χ1n) is 10.7. The van der Waals surface area contributed by atoms with Gasteiger partial charge in [-0.1, -0.05) is 0 Å². The van der Waals surface area contributed by atoms with Crippen LogP contribution in [0.4, 0.5) is 0 Å². The number of hydrogen-bond donors (Lipinski definition) is 2. The smallest absolute Gasteiger partial charge is 1.00 e. The van der Waals surface area contributed by atoms with Gasteiger partial charge in [0, 0.05) is 0 Å². The van der Waals surface area contributed by atoms with Crippen LogP contribution in [0.5, 0.6) is 0 Å². The topological polar surface area (TPSA) is 67.4 Å². The van der Waals surface area contributed by atoms with Gasteiger partial charge in [-0.15, -0.1) is 0 Å². The van der Waals surface area contributed by atoms with Crippen molar-refractivity contribution in [2.45, 2.75) is 111 Å². The Bertz CT molecular complexity index is 336. The monoisotopic (exact) mass is 475 g/mol. The molecule has 0 rings (SSSR count). The zero-order valence-corrected chi connectivity index (χ0v) is 21.2. The number of unbranched alkanes of at least 4 members (excludes halogenated alkanes) is 9. The molecule has 0 fully saturated rings. The second kappa shape index (κ2) is 25.2. The van der Waals surface area contributed by atoms with E-state index in [-0.39, 0.29) is 36.6 Å². The number of halogens is 2. The Morgan fingerprint density at radius 3 is 1.43 bits per heavy atom. The second-order valence-corrected chi connectivity index (χ2v) is 9.22. The fourth-order valence-corrected chi connectivity index (χ4v) is 4.63. The molecule has 167 valence electrons. The third kappa shape index (κ3) is 22.5. The molecule has 0 heterocycles. The standard InChI is InChI=1S/2C8H17NO.C4H9O.2ClH.Ti/c2*1-2-3-4-5-6-7-8(9)10;1-2-3-4-5;;;/h2*2-7H2,1H3,(H2,9,10);2-4H2,1H3;2*1H;/q;;-1;;;+5/p-4. The van der Waals surface area contributed by atoms with Crippen molar-refractivity contribution >= 4 is 11.8 Å². The summed E-state index contributed by atoms with van der Waals surface area (Å²) in [5.41, 5.74) is 0. The molecule has 0 aliphatic rings. The molecule has 0 saturated heterocycles. The number of nitrogens with one attached hydrogen (secondary N) is 2. The largest absolute Gasteiger partial charge is 1.00 e. The Kier molecular flexibility index (Phi) is 29.6. The molecule has 2 amide bonds. The molecule has 0 aromatic carbocycles. The molecule has 0 aliphatic carbocycles. The fourth-order valence-electron chi connectivity index (χ4n) is 2.58. The summed E-state index contributed by atoms with van der Waals surface area (Å²) in [7, 11) is 0. The van der Waals surface area contributed by atoms with Gasteiger partial charge in [-0.25, -0.2) is 0 Å². The predicted molar refractivity (Wildman–Crippen MR) is 104 cm³/mol. The van der Waals surface area contributed by atoms with Crippen LogP contribution in [0.1, 0.15) is 111 Å². The molecule has 5 nitrogen and oxygen atoms in total.